The van der Waals surface area contributed by atoms with E-state index in [9.17, 15) is 9.18 Å². The SMILES string of the molecule is CCOC(=O)c1c(-c2c(Cl)cccc2Cl)noc1C1(F)CC1. The van der Waals surface area contributed by atoms with Gasteiger partial charge in [-0.2, -0.15) is 0 Å². The summed E-state index contributed by atoms with van der Waals surface area (Å²) in [7, 11) is 0. The Morgan fingerprint density at radius 3 is 2.59 bits per heavy atom. The number of aromatic nitrogens is 1. The monoisotopic (exact) mass is 343 g/mol. The Kier molecular flexibility index (Phi) is 3.87. The molecule has 4 nitrogen and oxygen atoms in total. The molecule has 2 aromatic rings. The van der Waals surface area contributed by atoms with E-state index in [-0.39, 0.29) is 36.5 Å². The van der Waals surface area contributed by atoms with Gasteiger partial charge in [-0.3, -0.25) is 0 Å². The van der Waals surface area contributed by atoms with Crippen molar-refractivity contribution in [1.29, 1.82) is 0 Å². The fourth-order valence-corrected chi connectivity index (χ4v) is 2.80. The minimum absolute atomic E-state index is 0.0446. The molecule has 0 aliphatic heterocycles. The van der Waals surface area contributed by atoms with E-state index in [1.165, 1.54) is 0 Å². The number of nitrogens with zero attached hydrogens (tertiary/aromatic N) is 1. The van der Waals surface area contributed by atoms with Crippen LogP contribution in [0.15, 0.2) is 22.7 Å². The first-order valence-corrected chi connectivity index (χ1v) is 7.54. The quantitative estimate of drug-likeness (QED) is 0.749. The van der Waals surface area contributed by atoms with Crippen LogP contribution in [0.2, 0.25) is 10.0 Å². The lowest BCUT2D eigenvalue weighted by Gasteiger charge is -2.08. The normalized spacial score (nSPS) is 15.6. The minimum atomic E-state index is -1.67. The molecule has 0 bridgehead atoms. The summed E-state index contributed by atoms with van der Waals surface area (Å²) in [5.41, 5.74) is -1.28. The molecule has 7 heteroatoms. The lowest BCUT2D eigenvalue weighted by atomic mass is 10.0. The van der Waals surface area contributed by atoms with Crippen LogP contribution < -0.4 is 0 Å². The van der Waals surface area contributed by atoms with Gasteiger partial charge in [0.1, 0.15) is 11.3 Å². The smallest absolute Gasteiger partial charge is 0.344 e. The van der Waals surface area contributed by atoms with Crippen LogP contribution in [0.25, 0.3) is 11.3 Å². The standard InChI is InChI=1S/C15H12Cl2FNO3/c1-2-21-14(20)11-12(10-8(16)4-3-5-9(10)17)19-22-13(11)15(18)6-7-15/h3-5H,2,6-7H2,1H3. The van der Waals surface area contributed by atoms with E-state index in [4.69, 9.17) is 32.5 Å². The summed E-state index contributed by atoms with van der Waals surface area (Å²) in [4.78, 5) is 12.2. The van der Waals surface area contributed by atoms with Gasteiger partial charge in [0, 0.05) is 5.56 Å². The maximum atomic E-state index is 14.4. The summed E-state index contributed by atoms with van der Waals surface area (Å²) in [5, 5.41) is 4.42. The lowest BCUT2D eigenvalue weighted by molar-refractivity contribution is 0.0519. The maximum absolute atomic E-state index is 14.4. The highest BCUT2D eigenvalue weighted by Gasteiger charge is 2.52. The van der Waals surface area contributed by atoms with Crippen LogP contribution in [0, 0.1) is 0 Å². The molecule has 0 saturated heterocycles. The molecular weight excluding hydrogens is 332 g/mol. The molecule has 1 heterocycles. The van der Waals surface area contributed by atoms with Crippen LogP contribution in [0.3, 0.4) is 0 Å². The zero-order valence-corrected chi connectivity index (χ0v) is 13.2. The van der Waals surface area contributed by atoms with Gasteiger partial charge in [0.05, 0.1) is 16.7 Å². The van der Waals surface area contributed by atoms with Crippen molar-refractivity contribution in [2.24, 2.45) is 0 Å². The Balaban J connectivity index is 2.20. The first-order chi connectivity index (χ1) is 10.5. The van der Waals surface area contributed by atoms with Gasteiger partial charge in [-0.15, -0.1) is 0 Å². The van der Waals surface area contributed by atoms with Crippen LogP contribution in [-0.4, -0.2) is 17.7 Å². The van der Waals surface area contributed by atoms with Crippen molar-refractivity contribution in [1.82, 2.24) is 5.16 Å². The Morgan fingerprint density at radius 1 is 1.41 bits per heavy atom. The average Bonchev–Trinajstić information content (AvgIpc) is 3.05. The van der Waals surface area contributed by atoms with E-state index in [1.807, 2.05) is 0 Å². The number of halogens is 3. The van der Waals surface area contributed by atoms with Gasteiger partial charge in [-0.1, -0.05) is 34.4 Å². The number of hydrogen-bond acceptors (Lipinski definition) is 4. The van der Waals surface area contributed by atoms with Gasteiger partial charge in [0.15, 0.2) is 11.4 Å². The van der Waals surface area contributed by atoms with Crippen LogP contribution >= 0.6 is 23.2 Å². The highest BCUT2D eigenvalue weighted by molar-refractivity contribution is 6.39. The molecular formula is C15H12Cl2FNO3. The van der Waals surface area contributed by atoms with Crippen molar-refractivity contribution in [2.45, 2.75) is 25.4 Å². The third-order valence-electron chi connectivity index (χ3n) is 3.47. The molecule has 0 atom stereocenters. The van der Waals surface area contributed by atoms with E-state index in [0.717, 1.165) is 0 Å². The molecule has 116 valence electrons. The van der Waals surface area contributed by atoms with Crippen LogP contribution in [0.5, 0.6) is 0 Å². The Labute approximate surface area is 136 Å². The van der Waals surface area contributed by atoms with Gasteiger partial charge in [0.25, 0.3) is 0 Å². The third-order valence-corrected chi connectivity index (χ3v) is 4.10. The van der Waals surface area contributed by atoms with E-state index in [0.29, 0.717) is 15.6 Å². The summed E-state index contributed by atoms with van der Waals surface area (Å²) >= 11 is 12.3. The van der Waals surface area contributed by atoms with Crippen LogP contribution in [0.4, 0.5) is 4.39 Å². The summed E-state index contributed by atoms with van der Waals surface area (Å²) in [6.45, 7) is 1.81. The lowest BCUT2D eigenvalue weighted by Crippen LogP contribution is -2.11. The van der Waals surface area contributed by atoms with Gasteiger partial charge < -0.3 is 9.26 Å². The van der Waals surface area contributed by atoms with E-state index >= 15 is 0 Å². The summed E-state index contributed by atoms with van der Waals surface area (Å²) in [6.07, 6.45) is 0.564. The van der Waals surface area contributed by atoms with Gasteiger partial charge in [-0.25, -0.2) is 9.18 Å². The largest absolute Gasteiger partial charge is 0.462 e. The molecule has 1 aromatic carbocycles. The van der Waals surface area contributed by atoms with Crippen LogP contribution in [-0.2, 0) is 10.4 Å². The topological polar surface area (TPSA) is 52.3 Å². The number of alkyl halides is 1. The predicted octanol–water partition coefficient (Wildman–Crippen LogP) is 4.78. The number of esters is 1. The fraction of sp³-hybridized carbons (Fsp3) is 0.333. The highest BCUT2D eigenvalue weighted by Crippen LogP contribution is 2.52. The second kappa shape index (κ2) is 5.56. The molecule has 3 rings (SSSR count). The molecule has 1 fully saturated rings. The van der Waals surface area contributed by atoms with Crippen LogP contribution in [0.1, 0.15) is 35.9 Å². The fourth-order valence-electron chi connectivity index (χ4n) is 2.22. The van der Waals surface area contributed by atoms with Gasteiger partial charge in [0.2, 0.25) is 0 Å². The van der Waals surface area contributed by atoms with E-state index in [1.54, 1.807) is 25.1 Å². The first-order valence-electron chi connectivity index (χ1n) is 6.78. The molecule has 1 aromatic heterocycles. The van der Waals surface area contributed by atoms with Crippen molar-refractivity contribution in [3.63, 3.8) is 0 Å². The zero-order chi connectivity index (χ0) is 15.9. The average molecular weight is 344 g/mol. The molecule has 0 unspecified atom stereocenters. The third kappa shape index (κ3) is 2.48. The second-order valence-corrected chi connectivity index (χ2v) is 5.83. The number of rotatable bonds is 4. The molecule has 1 aliphatic rings. The molecule has 22 heavy (non-hydrogen) atoms. The molecule has 0 N–H and O–H groups in total. The van der Waals surface area contributed by atoms with Crippen molar-refractivity contribution in [3.8, 4) is 11.3 Å². The number of hydrogen-bond donors (Lipinski definition) is 0. The number of ether oxygens (including phenoxy) is 1. The minimum Gasteiger partial charge on any atom is -0.462 e. The summed E-state index contributed by atoms with van der Waals surface area (Å²) in [6, 6.07) is 4.87. The molecule has 0 amide bonds. The van der Waals surface area contributed by atoms with Crippen molar-refractivity contribution in [3.05, 3.63) is 39.6 Å². The van der Waals surface area contributed by atoms with Gasteiger partial charge >= 0.3 is 5.97 Å². The second-order valence-electron chi connectivity index (χ2n) is 5.02. The van der Waals surface area contributed by atoms with Gasteiger partial charge in [-0.05, 0) is 31.9 Å². The highest BCUT2D eigenvalue weighted by atomic mass is 35.5. The zero-order valence-electron chi connectivity index (χ0n) is 11.7. The Hall–Kier alpha value is -1.59. The molecule has 0 spiro atoms. The van der Waals surface area contributed by atoms with Crippen molar-refractivity contribution in [2.75, 3.05) is 6.61 Å². The van der Waals surface area contributed by atoms with Crippen molar-refractivity contribution < 1.29 is 18.4 Å². The maximum Gasteiger partial charge on any atom is 0.344 e. The molecule has 1 saturated carbocycles. The first kappa shape index (κ1) is 15.3. The Morgan fingerprint density at radius 2 is 2.05 bits per heavy atom. The van der Waals surface area contributed by atoms with E-state index in [2.05, 4.69) is 5.16 Å². The molecule has 1 aliphatic carbocycles. The number of carbonyl (C=O) groups excluding carboxylic acids is 1. The van der Waals surface area contributed by atoms with Crippen molar-refractivity contribution >= 4 is 29.2 Å². The predicted molar refractivity (Wildman–Crippen MR) is 79.9 cm³/mol. The Bertz CT molecular complexity index is 720. The number of benzene rings is 1. The summed E-state index contributed by atoms with van der Waals surface area (Å²) < 4.78 is 24.5. The summed E-state index contributed by atoms with van der Waals surface area (Å²) in [5.74, 6) is -0.814. The molecule has 0 radical (unpaired) electrons. The number of carbonyl (C=O) groups is 1. The van der Waals surface area contributed by atoms with E-state index < -0.39 is 11.6 Å².